The molecule has 0 radical (unpaired) electrons. The van der Waals surface area contributed by atoms with Crippen molar-refractivity contribution in [2.45, 2.75) is 25.8 Å². The summed E-state index contributed by atoms with van der Waals surface area (Å²) in [6.45, 7) is 1.21. The van der Waals surface area contributed by atoms with Crippen molar-refractivity contribution in [2.75, 3.05) is 13.3 Å². The van der Waals surface area contributed by atoms with Gasteiger partial charge in [-0.05, 0) is 6.42 Å². The Morgan fingerprint density at radius 2 is 2.33 bits per heavy atom. The first-order valence-corrected chi connectivity index (χ1v) is 4.64. The molecule has 1 fully saturated rings. The lowest BCUT2D eigenvalue weighted by Gasteiger charge is -2.05. The van der Waals surface area contributed by atoms with Crippen LogP contribution >= 0.6 is 0 Å². The number of Topliss-reactive ketones (excluding diaryl/α,β-unsaturated/α-hetero) is 1. The van der Waals surface area contributed by atoms with Crippen LogP contribution in [0.3, 0.4) is 0 Å². The van der Waals surface area contributed by atoms with E-state index in [9.17, 15) is 14.4 Å². The average molecular weight is 215 g/mol. The first-order chi connectivity index (χ1) is 7.09. The van der Waals surface area contributed by atoms with Crippen LogP contribution in [-0.4, -0.2) is 37.1 Å². The molecule has 0 aliphatic carbocycles. The molecule has 0 aromatic heterocycles. The highest BCUT2D eigenvalue weighted by molar-refractivity contribution is 5.83. The van der Waals surface area contributed by atoms with Gasteiger partial charge in [-0.15, -0.1) is 0 Å². The van der Waals surface area contributed by atoms with Gasteiger partial charge >= 0.3 is 11.9 Å². The summed E-state index contributed by atoms with van der Waals surface area (Å²) in [7, 11) is 0. The fraction of sp³-hybridized carbons (Fsp3) is 0.667. The summed E-state index contributed by atoms with van der Waals surface area (Å²) in [5, 5.41) is 2.79. The zero-order chi connectivity index (χ0) is 11.3. The van der Waals surface area contributed by atoms with Crippen molar-refractivity contribution in [3.05, 3.63) is 0 Å². The maximum Gasteiger partial charge on any atom is 0.324 e. The molecule has 1 N–H and O–H groups in total. The summed E-state index contributed by atoms with van der Waals surface area (Å²) in [6.07, 6.45) is 0.568. The van der Waals surface area contributed by atoms with Gasteiger partial charge < -0.3 is 9.47 Å². The lowest BCUT2D eigenvalue weighted by molar-refractivity contribution is -0.146. The Morgan fingerprint density at radius 1 is 1.60 bits per heavy atom. The van der Waals surface area contributed by atoms with E-state index in [1.165, 1.54) is 6.92 Å². The number of nitrogens with one attached hydrogen (secondary N) is 1. The number of carbonyl (C=O) groups is 3. The van der Waals surface area contributed by atoms with Gasteiger partial charge in [-0.2, -0.15) is 0 Å². The molecule has 0 spiro atoms. The summed E-state index contributed by atoms with van der Waals surface area (Å²) < 4.78 is 9.17. The third-order valence-electron chi connectivity index (χ3n) is 1.98. The second kappa shape index (κ2) is 5.45. The molecular weight excluding hydrogens is 202 g/mol. The van der Waals surface area contributed by atoms with Crippen molar-refractivity contribution in [2.24, 2.45) is 0 Å². The fourth-order valence-corrected chi connectivity index (χ4v) is 1.18. The molecule has 1 saturated heterocycles. The van der Waals surface area contributed by atoms with Gasteiger partial charge in [0, 0.05) is 13.3 Å². The third kappa shape index (κ3) is 4.07. The fourth-order valence-electron chi connectivity index (χ4n) is 1.18. The van der Waals surface area contributed by atoms with Crippen LogP contribution in [0.15, 0.2) is 0 Å². The van der Waals surface area contributed by atoms with E-state index in [4.69, 9.17) is 0 Å². The Labute approximate surface area is 86.9 Å². The minimum atomic E-state index is -0.484. The summed E-state index contributed by atoms with van der Waals surface area (Å²) in [4.78, 5) is 32.5. The molecule has 0 aromatic rings. The van der Waals surface area contributed by atoms with Gasteiger partial charge in [-0.1, -0.05) is 0 Å². The van der Waals surface area contributed by atoms with E-state index >= 15 is 0 Å². The number of hydrogen-bond donors (Lipinski definition) is 1. The molecule has 1 rings (SSSR count). The predicted molar refractivity (Wildman–Crippen MR) is 48.8 cm³/mol. The Morgan fingerprint density at radius 3 is 2.87 bits per heavy atom. The lowest BCUT2D eigenvalue weighted by atomic mass is 10.1. The van der Waals surface area contributed by atoms with Gasteiger partial charge in [0.1, 0.15) is 19.4 Å². The normalized spacial score (nSPS) is 19.8. The van der Waals surface area contributed by atoms with Crippen LogP contribution in [0.2, 0.25) is 0 Å². The van der Waals surface area contributed by atoms with Crippen molar-refractivity contribution in [1.82, 2.24) is 5.32 Å². The van der Waals surface area contributed by atoms with E-state index in [-0.39, 0.29) is 31.5 Å². The Bertz CT molecular complexity index is 276. The molecule has 1 heterocycles. The van der Waals surface area contributed by atoms with Crippen LogP contribution < -0.4 is 5.32 Å². The van der Waals surface area contributed by atoms with Crippen molar-refractivity contribution >= 4 is 17.7 Å². The molecule has 6 nitrogen and oxygen atoms in total. The number of ether oxygens (including phenoxy) is 2. The SMILES string of the molecule is CC(=O)OCC(=O)CC[C@@H]1NCOC1=O. The molecule has 0 unspecified atom stereocenters. The highest BCUT2D eigenvalue weighted by Crippen LogP contribution is 2.05. The minimum Gasteiger partial charge on any atom is -0.458 e. The minimum absolute atomic E-state index is 0.194. The van der Waals surface area contributed by atoms with Crippen LogP contribution in [-0.2, 0) is 23.9 Å². The second-order valence-corrected chi connectivity index (χ2v) is 3.22. The highest BCUT2D eigenvalue weighted by Gasteiger charge is 2.25. The monoisotopic (exact) mass is 215 g/mol. The number of carbonyl (C=O) groups excluding carboxylic acids is 3. The van der Waals surface area contributed by atoms with Gasteiger partial charge in [0.15, 0.2) is 5.78 Å². The van der Waals surface area contributed by atoms with Crippen LogP contribution in [0.25, 0.3) is 0 Å². The first kappa shape index (κ1) is 11.6. The summed E-state index contributed by atoms with van der Waals surface area (Å²) in [5.74, 6) is -1.02. The second-order valence-electron chi connectivity index (χ2n) is 3.22. The lowest BCUT2D eigenvalue weighted by Crippen LogP contribution is -2.28. The van der Waals surface area contributed by atoms with E-state index in [2.05, 4.69) is 14.8 Å². The smallest absolute Gasteiger partial charge is 0.324 e. The zero-order valence-corrected chi connectivity index (χ0v) is 8.45. The number of hydrogen-bond acceptors (Lipinski definition) is 6. The summed E-state index contributed by atoms with van der Waals surface area (Å²) in [5.41, 5.74) is 0. The maximum atomic E-state index is 11.2. The average Bonchev–Trinajstić information content (AvgIpc) is 2.58. The van der Waals surface area contributed by atoms with E-state index < -0.39 is 12.0 Å². The Hall–Kier alpha value is -1.43. The standard InChI is InChI=1S/C9H13NO5/c1-6(11)14-4-7(12)2-3-8-9(13)15-5-10-8/h8,10H,2-5H2,1H3/t8-/m0/s1. The Kier molecular flexibility index (Phi) is 4.23. The molecule has 6 heteroatoms. The molecule has 0 amide bonds. The van der Waals surface area contributed by atoms with Gasteiger partial charge in [0.25, 0.3) is 0 Å². The van der Waals surface area contributed by atoms with Gasteiger partial charge in [0.05, 0.1) is 0 Å². The molecule has 84 valence electrons. The Balaban J connectivity index is 2.16. The molecule has 0 aromatic carbocycles. The molecule has 1 atom stereocenters. The number of esters is 2. The third-order valence-corrected chi connectivity index (χ3v) is 1.98. The summed E-state index contributed by atoms with van der Waals surface area (Å²) >= 11 is 0. The first-order valence-electron chi connectivity index (χ1n) is 4.64. The van der Waals surface area contributed by atoms with Gasteiger partial charge in [-0.25, -0.2) is 0 Å². The van der Waals surface area contributed by atoms with Crippen LogP contribution in [0.1, 0.15) is 19.8 Å². The van der Waals surface area contributed by atoms with E-state index in [1.807, 2.05) is 0 Å². The van der Waals surface area contributed by atoms with Crippen molar-refractivity contribution < 1.29 is 23.9 Å². The molecule has 1 aliphatic rings. The largest absolute Gasteiger partial charge is 0.458 e. The van der Waals surface area contributed by atoms with Crippen molar-refractivity contribution in [1.29, 1.82) is 0 Å². The van der Waals surface area contributed by atoms with Crippen molar-refractivity contribution in [3.63, 3.8) is 0 Å². The maximum absolute atomic E-state index is 11.2. The van der Waals surface area contributed by atoms with Gasteiger partial charge in [0.2, 0.25) is 0 Å². The van der Waals surface area contributed by atoms with Crippen molar-refractivity contribution in [3.8, 4) is 0 Å². The van der Waals surface area contributed by atoms with Crippen LogP contribution in [0, 0.1) is 0 Å². The molecule has 0 saturated carbocycles. The van der Waals surface area contributed by atoms with Gasteiger partial charge in [-0.3, -0.25) is 19.7 Å². The van der Waals surface area contributed by atoms with E-state index in [0.29, 0.717) is 6.42 Å². The number of rotatable bonds is 5. The molecule has 1 aliphatic heterocycles. The topological polar surface area (TPSA) is 81.7 Å². The molecular formula is C9H13NO5. The zero-order valence-electron chi connectivity index (χ0n) is 8.45. The predicted octanol–water partition coefficient (Wildman–Crippen LogP) is -0.629. The summed E-state index contributed by atoms with van der Waals surface area (Å²) in [6, 6.07) is -0.411. The highest BCUT2D eigenvalue weighted by atomic mass is 16.6. The molecule has 15 heavy (non-hydrogen) atoms. The molecule has 0 bridgehead atoms. The number of cyclic esters (lactones) is 1. The number of ketones is 1. The van der Waals surface area contributed by atoms with E-state index in [0.717, 1.165) is 0 Å². The van der Waals surface area contributed by atoms with E-state index in [1.54, 1.807) is 0 Å². The quantitative estimate of drug-likeness (QED) is 0.615. The van der Waals surface area contributed by atoms with Crippen LogP contribution in [0.5, 0.6) is 0 Å². The van der Waals surface area contributed by atoms with Crippen LogP contribution in [0.4, 0.5) is 0 Å².